The molecule has 0 bridgehead atoms. The number of nitrogens with one attached hydrogen (secondary N) is 1. The number of rotatable bonds is 2. The van der Waals surface area contributed by atoms with Gasteiger partial charge in [0, 0.05) is 23.7 Å². The van der Waals surface area contributed by atoms with E-state index in [0.29, 0.717) is 6.42 Å². The summed E-state index contributed by atoms with van der Waals surface area (Å²) < 4.78 is 0. The zero-order chi connectivity index (χ0) is 15.8. The lowest BCUT2D eigenvalue weighted by atomic mass is 9.88. The first kappa shape index (κ1) is 14.6. The molecule has 0 radical (unpaired) electrons. The predicted octanol–water partition coefficient (Wildman–Crippen LogP) is 4.56. The molecule has 1 N–H and O–H groups in total. The smallest absolute Gasteiger partial charge is 0.223 e. The molecule has 1 amide bonds. The number of benzene rings is 2. The molecule has 3 nitrogen and oxygen atoms in total. The normalized spacial score (nSPS) is 23.5. The fraction of sp³-hybridized carbons (Fsp3) is 0.316. The van der Waals surface area contributed by atoms with Gasteiger partial charge in [0.15, 0.2) is 0 Å². The van der Waals surface area contributed by atoms with Crippen LogP contribution in [0.3, 0.4) is 0 Å². The number of anilines is 1. The molecule has 2 aliphatic rings. The van der Waals surface area contributed by atoms with Gasteiger partial charge in [-0.25, -0.2) is 0 Å². The average Bonchev–Trinajstić information content (AvgIpc) is 3.00. The Labute approximate surface area is 141 Å². The number of carbonyl (C=O) groups excluding carboxylic acids is 1. The lowest BCUT2D eigenvalue weighted by molar-refractivity contribution is -0.130. The minimum Gasteiger partial charge on any atom is -0.378 e. The third-order valence-electron chi connectivity index (χ3n) is 4.85. The predicted molar refractivity (Wildman–Crippen MR) is 92.6 cm³/mol. The minimum atomic E-state index is 0.102. The van der Waals surface area contributed by atoms with E-state index in [0.717, 1.165) is 35.7 Å². The van der Waals surface area contributed by atoms with Crippen molar-refractivity contribution >= 4 is 23.2 Å². The maximum atomic E-state index is 12.3. The summed E-state index contributed by atoms with van der Waals surface area (Å²) in [6, 6.07) is 16.7. The Morgan fingerprint density at radius 1 is 1.13 bits per heavy atom. The second kappa shape index (κ2) is 5.89. The van der Waals surface area contributed by atoms with Crippen LogP contribution in [0.1, 0.15) is 42.5 Å². The Bertz CT molecular complexity index is 731. The molecule has 2 aromatic carbocycles. The summed E-state index contributed by atoms with van der Waals surface area (Å²) in [5.41, 5.74) is 3.48. The number of hydrogen-bond acceptors (Lipinski definition) is 2. The first-order valence-corrected chi connectivity index (χ1v) is 8.50. The van der Waals surface area contributed by atoms with Crippen molar-refractivity contribution < 1.29 is 4.79 Å². The van der Waals surface area contributed by atoms with Crippen LogP contribution in [0.25, 0.3) is 0 Å². The van der Waals surface area contributed by atoms with Crippen LogP contribution in [0, 0.1) is 0 Å². The molecule has 1 fully saturated rings. The Morgan fingerprint density at radius 3 is 2.70 bits per heavy atom. The Morgan fingerprint density at radius 2 is 1.96 bits per heavy atom. The zero-order valence-electron chi connectivity index (χ0n) is 12.8. The molecule has 0 saturated carbocycles. The summed E-state index contributed by atoms with van der Waals surface area (Å²) in [6.07, 6.45) is 2.49. The first-order valence-electron chi connectivity index (χ1n) is 8.13. The first-order chi connectivity index (χ1) is 11.2. The van der Waals surface area contributed by atoms with E-state index in [1.807, 2.05) is 29.2 Å². The molecule has 2 aliphatic heterocycles. The number of halogens is 1. The maximum Gasteiger partial charge on any atom is 0.223 e. The van der Waals surface area contributed by atoms with Gasteiger partial charge in [0.25, 0.3) is 0 Å². The fourth-order valence-electron chi connectivity index (χ4n) is 3.74. The van der Waals surface area contributed by atoms with E-state index in [1.165, 1.54) is 5.56 Å². The molecule has 118 valence electrons. The highest BCUT2D eigenvalue weighted by Crippen LogP contribution is 2.44. The van der Waals surface area contributed by atoms with Gasteiger partial charge in [0.2, 0.25) is 5.91 Å². The van der Waals surface area contributed by atoms with Crippen LogP contribution in [0.15, 0.2) is 48.5 Å². The largest absolute Gasteiger partial charge is 0.378 e. The van der Waals surface area contributed by atoms with Gasteiger partial charge in [0.05, 0.1) is 12.1 Å². The number of nitrogens with zero attached hydrogens (tertiary/aromatic N) is 1. The standard InChI is InChI=1S/C19H19ClN2O/c20-14-8-9-16-15(11-14)18(22-10-4-7-19(22)23)12-17(21-16)13-5-2-1-3-6-13/h1-3,5-6,8-9,11,17-18,21H,4,7,10,12H2. The second-order valence-electron chi connectivity index (χ2n) is 6.28. The van der Waals surface area contributed by atoms with Crippen LogP contribution in [0.2, 0.25) is 5.02 Å². The van der Waals surface area contributed by atoms with Crippen molar-refractivity contribution in [2.45, 2.75) is 31.3 Å². The van der Waals surface area contributed by atoms with Gasteiger partial charge in [-0.3, -0.25) is 4.79 Å². The van der Waals surface area contributed by atoms with Crippen molar-refractivity contribution in [3.63, 3.8) is 0 Å². The molecule has 0 spiro atoms. The van der Waals surface area contributed by atoms with Crippen molar-refractivity contribution in [2.75, 3.05) is 11.9 Å². The van der Waals surface area contributed by atoms with Gasteiger partial charge in [0.1, 0.15) is 0 Å². The van der Waals surface area contributed by atoms with E-state index >= 15 is 0 Å². The van der Waals surface area contributed by atoms with E-state index in [9.17, 15) is 4.79 Å². The molecule has 0 aliphatic carbocycles. The monoisotopic (exact) mass is 326 g/mol. The minimum absolute atomic E-state index is 0.102. The van der Waals surface area contributed by atoms with Crippen LogP contribution in [0.5, 0.6) is 0 Å². The molecule has 2 unspecified atom stereocenters. The zero-order valence-corrected chi connectivity index (χ0v) is 13.6. The lowest BCUT2D eigenvalue weighted by Gasteiger charge is -2.38. The number of likely N-dealkylation sites (tertiary alicyclic amines) is 1. The molecule has 2 heterocycles. The van der Waals surface area contributed by atoms with Gasteiger partial charge in [-0.1, -0.05) is 41.9 Å². The molecule has 23 heavy (non-hydrogen) atoms. The van der Waals surface area contributed by atoms with E-state index in [4.69, 9.17) is 11.6 Å². The molecule has 2 aromatic rings. The van der Waals surface area contributed by atoms with E-state index in [-0.39, 0.29) is 18.0 Å². The van der Waals surface area contributed by atoms with Gasteiger partial charge < -0.3 is 10.2 Å². The Balaban J connectivity index is 1.74. The summed E-state index contributed by atoms with van der Waals surface area (Å²) in [6.45, 7) is 0.844. The van der Waals surface area contributed by atoms with Gasteiger partial charge in [-0.2, -0.15) is 0 Å². The molecule has 0 aromatic heterocycles. The van der Waals surface area contributed by atoms with Crippen LogP contribution in [-0.2, 0) is 4.79 Å². The van der Waals surface area contributed by atoms with E-state index < -0.39 is 0 Å². The van der Waals surface area contributed by atoms with E-state index in [1.54, 1.807) is 0 Å². The molecular weight excluding hydrogens is 308 g/mol. The lowest BCUT2D eigenvalue weighted by Crippen LogP contribution is -2.35. The number of carbonyl (C=O) groups is 1. The number of hydrogen-bond donors (Lipinski definition) is 1. The summed E-state index contributed by atoms with van der Waals surface area (Å²) in [4.78, 5) is 14.3. The number of amides is 1. The van der Waals surface area contributed by atoms with Crippen molar-refractivity contribution in [3.8, 4) is 0 Å². The van der Waals surface area contributed by atoms with Crippen molar-refractivity contribution in [1.82, 2.24) is 4.90 Å². The molecule has 2 atom stereocenters. The third-order valence-corrected chi connectivity index (χ3v) is 5.08. The topological polar surface area (TPSA) is 32.3 Å². The highest BCUT2D eigenvalue weighted by molar-refractivity contribution is 6.30. The van der Waals surface area contributed by atoms with E-state index in [2.05, 4.69) is 29.6 Å². The summed E-state index contributed by atoms with van der Waals surface area (Å²) in [5.74, 6) is 0.259. The quantitative estimate of drug-likeness (QED) is 0.877. The Kier molecular flexibility index (Phi) is 3.74. The van der Waals surface area contributed by atoms with Crippen molar-refractivity contribution in [3.05, 3.63) is 64.7 Å². The van der Waals surface area contributed by atoms with Gasteiger partial charge >= 0.3 is 0 Å². The number of fused-ring (bicyclic) bond motifs is 1. The summed E-state index contributed by atoms with van der Waals surface area (Å²) in [5, 5.41) is 4.33. The SMILES string of the molecule is O=C1CCCN1C1CC(c2ccccc2)Nc2ccc(Cl)cc21. The molecule has 4 rings (SSSR count). The highest BCUT2D eigenvalue weighted by Gasteiger charge is 2.35. The van der Waals surface area contributed by atoms with Crippen molar-refractivity contribution in [1.29, 1.82) is 0 Å². The average molecular weight is 327 g/mol. The second-order valence-corrected chi connectivity index (χ2v) is 6.72. The van der Waals surface area contributed by atoms with Gasteiger partial charge in [-0.15, -0.1) is 0 Å². The Hall–Kier alpha value is -2.00. The van der Waals surface area contributed by atoms with Crippen LogP contribution < -0.4 is 5.32 Å². The van der Waals surface area contributed by atoms with Crippen LogP contribution >= 0.6 is 11.6 Å². The maximum absolute atomic E-state index is 12.3. The van der Waals surface area contributed by atoms with Crippen LogP contribution in [-0.4, -0.2) is 17.4 Å². The molecule has 4 heteroatoms. The summed E-state index contributed by atoms with van der Waals surface area (Å²) in [7, 11) is 0. The molecular formula is C19H19ClN2O. The van der Waals surface area contributed by atoms with Gasteiger partial charge in [-0.05, 0) is 42.2 Å². The van der Waals surface area contributed by atoms with Crippen LogP contribution in [0.4, 0.5) is 5.69 Å². The summed E-state index contributed by atoms with van der Waals surface area (Å²) >= 11 is 6.21. The highest BCUT2D eigenvalue weighted by atomic mass is 35.5. The molecule has 1 saturated heterocycles. The third kappa shape index (κ3) is 2.70. The van der Waals surface area contributed by atoms with Crippen molar-refractivity contribution in [2.24, 2.45) is 0 Å². The fourth-order valence-corrected chi connectivity index (χ4v) is 3.92.